The van der Waals surface area contributed by atoms with Crippen LogP contribution in [0.1, 0.15) is 17.5 Å². The highest BCUT2D eigenvalue weighted by Crippen LogP contribution is 2.29. The highest BCUT2D eigenvalue weighted by molar-refractivity contribution is 7.89. The molecule has 2 aromatic carbocycles. The maximum atomic E-state index is 13.0. The predicted molar refractivity (Wildman–Crippen MR) is 121 cm³/mol. The lowest BCUT2D eigenvalue weighted by molar-refractivity contribution is -0.137. The lowest BCUT2D eigenvalue weighted by Crippen LogP contribution is -2.36. The maximum absolute atomic E-state index is 13.0. The van der Waals surface area contributed by atoms with Gasteiger partial charge in [0.05, 0.1) is 17.9 Å². The third kappa shape index (κ3) is 5.64. The number of hydrogen-bond donors (Lipinski definition) is 1. The molecule has 2 heterocycles. The summed E-state index contributed by atoms with van der Waals surface area (Å²) >= 11 is 0. The van der Waals surface area contributed by atoms with Crippen molar-refractivity contribution in [2.75, 3.05) is 13.1 Å². The molecule has 0 radical (unpaired) electrons. The van der Waals surface area contributed by atoms with Crippen LogP contribution in [0.2, 0.25) is 0 Å². The molecule has 10 heteroatoms. The summed E-state index contributed by atoms with van der Waals surface area (Å²) < 4.78 is 65.7. The van der Waals surface area contributed by atoms with E-state index in [2.05, 4.69) is 10.5 Å². The minimum atomic E-state index is -4.42. The molecule has 0 saturated heterocycles. The Labute approximate surface area is 195 Å². The first kappa shape index (κ1) is 23.9. The summed E-state index contributed by atoms with van der Waals surface area (Å²) in [6.07, 6.45) is -1.01. The maximum Gasteiger partial charge on any atom is 0.416 e. The van der Waals surface area contributed by atoms with Crippen molar-refractivity contribution < 1.29 is 26.4 Å². The highest BCUT2D eigenvalue weighted by atomic mass is 32.2. The van der Waals surface area contributed by atoms with Gasteiger partial charge in [-0.1, -0.05) is 42.5 Å². The van der Waals surface area contributed by atoms with E-state index in [0.717, 1.165) is 17.7 Å². The van der Waals surface area contributed by atoms with Crippen LogP contribution in [-0.2, 0) is 27.6 Å². The standard InChI is InChI=1S/C24H22F3N3O3S/c25-24(26,27)20-8-4-5-18(15-20)17-33-29-21-11-13-30(14-12-21)34(31,32)22-9-10-23(28-16-22)19-6-2-1-3-7-19/h1-11,15-16,29H,12-14,17H2. The minimum absolute atomic E-state index is 0.0668. The van der Waals surface area contributed by atoms with Crippen LogP contribution in [0.5, 0.6) is 0 Å². The second-order valence-corrected chi connectivity index (χ2v) is 9.61. The first-order valence-electron chi connectivity index (χ1n) is 10.5. The van der Waals surface area contributed by atoms with Gasteiger partial charge in [-0.05, 0) is 35.9 Å². The van der Waals surface area contributed by atoms with Crippen LogP contribution in [0.25, 0.3) is 11.3 Å². The largest absolute Gasteiger partial charge is 0.416 e. The number of nitrogens with one attached hydrogen (secondary N) is 1. The van der Waals surface area contributed by atoms with Crippen LogP contribution in [0.15, 0.2) is 89.6 Å². The summed E-state index contributed by atoms with van der Waals surface area (Å²) in [6, 6.07) is 17.6. The molecular formula is C24H22F3N3O3S. The molecule has 0 atom stereocenters. The van der Waals surface area contributed by atoms with Gasteiger partial charge in [0.1, 0.15) is 4.90 Å². The van der Waals surface area contributed by atoms with Gasteiger partial charge < -0.3 is 0 Å². The van der Waals surface area contributed by atoms with E-state index in [9.17, 15) is 21.6 Å². The Kier molecular flexibility index (Phi) is 7.01. The van der Waals surface area contributed by atoms with Crippen LogP contribution < -0.4 is 5.48 Å². The molecule has 1 N–H and O–H groups in total. The van der Waals surface area contributed by atoms with Gasteiger partial charge in [-0.15, -0.1) is 0 Å². The summed E-state index contributed by atoms with van der Waals surface area (Å²) in [5, 5.41) is 0. The van der Waals surface area contributed by atoms with Gasteiger partial charge >= 0.3 is 6.18 Å². The highest BCUT2D eigenvalue weighted by Gasteiger charge is 2.30. The Balaban J connectivity index is 1.33. The number of sulfonamides is 1. The first-order chi connectivity index (χ1) is 16.2. The van der Waals surface area contributed by atoms with E-state index in [0.29, 0.717) is 23.4 Å². The molecule has 178 valence electrons. The molecule has 3 aromatic rings. The van der Waals surface area contributed by atoms with E-state index in [1.165, 1.54) is 22.6 Å². The molecule has 0 fully saturated rings. The van der Waals surface area contributed by atoms with E-state index < -0.39 is 21.8 Å². The van der Waals surface area contributed by atoms with Crippen molar-refractivity contribution in [2.45, 2.75) is 24.1 Å². The van der Waals surface area contributed by atoms with E-state index in [1.807, 2.05) is 30.3 Å². The fraction of sp³-hybridized carbons (Fsp3) is 0.208. The Morgan fingerprint density at radius 2 is 1.82 bits per heavy atom. The van der Waals surface area contributed by atoms with Gasteiger partial charge in [0.15, 0.2) is 0 Å². The molecule has 0 spiro atoms. The molecule has 1 aliphatic rings. The number of halogens is 3. The van der Waals surface area contributed by atoms with Crippen LogP contribution in [0.4, 0.5) is 13.2 Å². The van der Waals surface area contributed by atoms with Crippen molar-refractivity contribution in [1.82, 2.24) is 14.8 Å². The SMILES string of the molecule is O=S(=O)(c1ccc(-c2ccccc2)nc1)N1CC=C(NOCc2cccc(C(F)(F)F)c2)CC1. The van der Waals surface area contributed by atoms with Crippen molar-refractivity contribution in [3.8, 4) is 11.3 Å². The van der Waals surface area contributed by atoms with Gasteiger partial charge in [-0.2, -0.15) is 17.5 Å². The molecule has 0 unspecified atom stereocenters. The monoisotopic (exact) mass is 489 g/mol. The fourth-order valence-corrected chi connectivity index (χ4v) is 4.80. The smallest absolute Gasteiger partial charge is 0.272 e. The second-order valence-electron chi connectivity index (χ2n) is 7.68. The topological polar surface area (TPSA) is 71.5 Å². The summed E-state index contributed by atoms with van der Waals surface area (Å²) in [7, 11) is -3.72. The molecule has 0 bridgehead atoms. The zero-order valence-electron chi connectivity index (χ0n) is 18.0. The average molecular weight is 490 g/mol. The van der Waals surface area contributed by atoms with Crippen LogP contribution in [-0.4, -0.2) is 30.8 Å². The van der Waals surface area contributed by atoms with E-state index >= 15 is 0 Å². The first-order valence-corrected chi connectivity index (χ1v) is 11.9. The zero-order chi connectivity index (χ0) is 24.2. The molecule has 0 aliphatic carbocycles. The molecule has 1 aliphatic heterocycles. The van der Waals surface area contributed by atoms with Crippen LogP contribution in [0, 0.1) is 0 Å². The normalized spacial score (nSPS) is 15.1. The number of hydroxylamine groups is 1. The zero-order valence-corrected chi connectivity index (χ0v) is 18.8. The van der Waals surface area contributed by atoms with E-state index in [1.54, 1.807) is 18.2 Å². The molecule has 4 rings (SSSR count). The van der Waals surface area contributed by atoms with Gasteiger partial charge in [0, 0.05) is 37.0 Å². The quantitative estimate of drug-likeness (QED) is 0.485. The molecule has 6 nitrogen and oxygen atoms in total. The number of pyridine rings is 1. The Morgan fingerprint density at radius 1 is 1.03 bits per heavy atom. The summed E-state index contributed by atoms with van der Waals surface area (Å²) in [6.45, 7) is 0.301. The average Bonchev–Trinajstić information content (AvgIpc) is 2.85. The Hall–Kier alpha value is -3.21. The van der Waals surface area contributed by atoms with Crippen LogP contribution >= 0.6 is 0 Å². The number of hydrogen-bond acceptors (Lipinski definition) is 5. The molecule has 1 aromatic heterocycles. The van der Waals surface area contributed by atoms with Gasteiger partial charge in [0.2, 0.25) is 10.0 Å². The second kappa shape index (κ2) is 9.96. The lowest BCUT2D eigenvalue weighted by atomic mass is 10.1. The van der Waals surface area contributed by atoms with Crippen LogP contribution in [0.3, 0.4) is 0 Å². The number of benzene rings is 2. The van der Waals surface area contributed by atoms with Crippen molar-refractivity contribution in [3.63, 3.8) is 0 Å². The van der Waals surface area contributed by atoms with Gasteiger partial charge in [-0.25, -0.2) is 8.42 Å². The summed E-state index contributed by atoms with van der Waals surface area (Å²) in [5.74, 6) is 0. The number of rotatable bonds is 7. The van der Waals surface area contributed by atoms with Gasteiger partial charge in [0.25, 0.3) is 0 Å². The number of alkyl halides is 3. The van der Waals surface area contributed by atoms with Crippen molar-refractivity contribution >= 4 is 10.0 Å². The lowest BCUT2D eigenvalue weighted by Gasteiger charge is -2.26. The third-order valence-corrected chi connectivity index (χ3v) is 7.16. The molecule has 0 saturated carbocycles. The molecule has 0 amide bonds. The third-order valence-electron chi connectivity index (χ3n) is 5.31. The molecule has 34 heavy (non-hydrogen) atoms. The minimum Gasteiger partial charge on any atom is -0.272 e. The summed E-state index contributed by atoms with van der Waals surface area (Å²) in [4.78, 5) is 9.72. The van der Waals surface area contributed by atoms with Crippen molar-refractivity contribution in [3.05, 3.63) is 95.8 Å². The van der Waals surface area contributed by atoms with Crippen molar-refractivity contribution in [1.29, 1.82) is 0 Å². The Bertz CT molecular complexity index is 1260. The van der Waals surface area contributed by atoms with Crippen molar-refractivity contribution in [2.24, 2.45) is 0 Å². The fourth-order valence-electron chi connectivity index (χ4n) is 3.47. The predicted octanol–water partition coefficient (Wildman–Crippen LogP) is 4.77. The van der Waals surface area contributed by atoms with Gasteiger partial charge in [-0.3, -0.25) is 15.3 Å². The van der Waals surface area contributed by atoms with E-state index in [-0.39, 0.29) is 24.6 Å². The van der Waals surface area contributed by atoms with E-state index in [4.69, 9.17) is 4.84 Å². The Morgan fingerprint density at radius 3 is 2.47 bits per heavy atom. The molecular weight excluding hydrogens is 467 g/mol. The number of aromatic nitrogens is 1. The number of nitrogens with zero attached hydrogens (tertiary/aromatic N) is 2. The summed E-state index contributed by atoms with van der Waals surface area (Å²) in [5.41, 5.74) is 4.59.